The van der Waals surface area contributed by atoms with Gasteiger partial charge < -0.3 is 15.0 Å². The first-order valence-corrected chi connectivity index (χ1v) is 7.19. The number of aromatic nitrogens is 1. The molecule has 3 rings (SSSR count). The van der Waals surface area contributed by atoms with E-state index in [9.17, 15) is 0 Å². The molecule has 0 saturated carbocycles. The summed E-state index contributed by atoms with van der Waals surface area (Å²) in [5.74, 6) is 0.843. The maximum absolute atomic E-state index is 5.24. The minimum absolute atomic E-state index is 0.765. The first-order valence-electron chi connectivity index (χ1n) is 6.40. The number of ether oxygens (including phenoxy) is 1. The van der Waals surface area contributed by atoms with Crippen LogP contribution in [0.2, 0.25) is 0 Å². The van der Waals surface area contributed by atoms with Crippen LogP contribution in [-0.2, 0) is 6.54 Å². The Kier molecular flexibility index (Phi) is 3.65. The van der Waals surface area contributed by atoms with E-state index in [1.54, 1.807) is 7.11 Å². The highest BCUT2D eigenvalue weighted by Gasteiger charge is 2.03. The monoisotopic (exact) mass is 330 g/mol. The average Bonchev–Trinajstić information content (AvgIpc) is 2.94. The number of fused-ring (bicyclic) bond motifs is 1. The Balaban J connectivity index is 1.78. The Morgan fingerprint density at radius 2 is 2.05 bits per heavy atom. The van der Waals surface area contributed by atoms with Crippen LogP contribution >= 0.6 is 15.9 Å². The summed E-state index contributed by atoms with van der Waals surface area (Å²) in [5.41, 5.74) is 3.42. The molecule has 2 aromatic carbocycles. The van der Waals surface area contributed by atoms with Crippen molar-refractivity contribution in [3.63, 3.8) is 0 Å². The van der Waals surface area contributed by atoms with Gasteiger partial charge in [0.2, 0.25) is 0 Å². The van der Waals surface area contributed by atoms with Crippen LogP contribution in [0, 0.1) is 0 Å². The number of aromatic amines is 1. The van der Waals surface area contributed by atoms with Crippen LogP contribution in [0.15, 0.2) is 53.1 Å². The van der Waals surface area contributed by atoms with E-state index in [0.717, 1.165) is 28.0 Å². The van der Waals surface area contributed by atoms with Crippen LogP contribution in [0.5, 0.6) is 5.75 Å². The van der Waals surface area contributed by atoms with E-state index in [4.69, 9.17) is 4.74 Å². The van der Waals surface area contributed by atoms with Gasteiger partial charge >= 0.3 is 0 Å². The largest absolute Gasteiger partial charge is 0.497 e. The minimum atomic E-state index is 0.765. The zero-order chi connectivity index (χ0) is 13.9. The van der Waals surface area contributed by atoms with Crippen molar-refractivity contribution in [2.75, 3.05) is 12.4 Å². The third kappa shape index (κ3) is 2.65. The lowest BCUT2D eigenvalue weighted by molar-refractivity contribution is 0.415. The van der Waals surface area contributed by atoms with Gasteiger partial charge in [-0.1, -0.05) is 12.1 Å². The topological polar surface area (TPSA) is 37.0 Å². The molecule has 2 N–H and O–H groups in total. The molecule has 20 heavy (non-hydrogen) atoms. The number of benzene rings is 2. The van der Waals surface area contributed by atoms with Crippen molar-refractivity contribution in [1.29, 1.82) is 0 Å². The number of methoxy groups -OCH3 is 1. The molecule has 0 bridgehead atoms. The molecule has 0 radical (unpaired) electrons. The standard InChI is InChI=1S/C16H15BrN2O/c1-20-13-4-5-14(17)16(9-13)19-10-11-2-3-12-6-7-18-15(12)8-11/h2-9,18-19H,10H2,1H3. The predicted octanol–water partition coefficient (Wildman–Crippen LogP) is 4.55. The molecule has 0 saturated heterocycles. The smallest absolute Gasteiger partial charge is 0.121 e. The van der Waals surface area contributed by atoms with Crippen molar-refractivity contribution in [3.05, 3.63) is 58.7 Å². The number of nitrogens with one attached hydrogen (secondary N) is 2. The molecule has 0 aliphatic heterocycles. The number of anilines is 1. The fourth-order valence-corrected chi connectivity index (χ4v) is 2.56. The second kappa shape index (κ2) is 5.59. The van der Waals surface area contributed by atoms with E-state index in [0.29, 0.717) is 0 Å². The third-order valence-electron chi connectivity index (χ3n) is 3.28. The van der Waals surface area contributed by atoms with Crippen LogP contribution in [0.25, 0.3) is 10.9 Å². The maximum atomic E-state index is 5.24. The summed E-state index contributed by atoms with van der Waals surface area (Å²) in [6, 6.07) is 14.4. The number of H-pyrrole nitrogens is 1. The fourth-order valence-electron chi connectivity index (χ4n) is 2.17. The molecule has 0 amide bonds. The lowest BCUT2D eigenvalue weighted by Crippen LogP contribution is -2.00. The van der Waals surface area contributed by atoms with Gasteiger partial charge in [0.25, 0.3) is 0 Å². The van der Waals surface area contributed by atoms with Crippen LogP contribution in [0.4, 0.5) is 5.69 Å². The number of hydrogen-bond acceptors (Lipinski definition) is 2. The first-order chi connectivity index (χ1) is 9.76. The number of halogens is 1. The summed E-state index contributed by atoms with van der Waals surface area (Å²) >= 11 is 3.54. The van der Waals surface area contributed by atoms with Gasteiger partial charge in [-0.05, 0) is 51.1 Å². The van der Waals surface area contributed by atoms with Crippen LogP contribution < -0.4 is 10.1 Å². The molecule has 0 fully saturated rings. The average molecular weight is 331 g/mol. The highest BCUT2D eigenvalue weighted by Crippen LogP contribution is 2.27. The summed E-state index contributed by atoms with van der Waals surface area (Å²) in [6.07, 6.45) is 1.96. The van der Waals surface area contributed by atoms with E-state index in [2.05, 4.69) is 50.5 Å². The Morgan fingerprint density at radius 3 is 2.90 bits per heavy atom. The molecule has 3 aromatic rings. The summed E-state index contributed by atoms with van der Waals surface area (Å²) in [4.78, 5) is 3.23. The molecule has 0 aliphatic carbocycles. The van der Waals surface area contributed by atoms with Crippen molar-refractivity contribution in [2.45, 2.75) is 6.54 Å². The van der Waals surface area contributed by atoms with Crippen LogP contribution in [-0.4, -0.2) is 12.1 Å². The summed E-state index contributed by atoms with van der Waals surface area (Å²) in [7, 11) is 1.67. The second-order valence-electron chi connectivity index (χ2n) is 4.60. The van der Waals surface area contributed by atoms with Gasteiger partial charge in [-0.15, -0.1) is 0 Å². The molecule has 1 heterocycles. The van der Waals surface area contributed by atoms with Crippen molar-refractivity contribution < 1.29 is 4.74 Å². The molecular weight excluding hydrogens is 316 g/mol. The van der Waals surface area contributed by atoms with E-state index < -0.39 is 0 Å². The van der Waals surface area contributed by atoms with Crippen molar-refractivity contribution in [3.8, 4) is 5.75 Å². The molecular formula is C16H15BrN2O. The van der Waals surface area contributed by atoms with Gasteiger partial charge in [0.1, 0.15) is 5.75 Å². The lowest BCUT2D eigenvalue weighted by Gasteiger charge is -2.10. The Hall–Kier alpha value is -1.94. The van der Waals surface area contributed by atoms with E-state index in [1.807, 2.05) is 24.4 Å². The fraction of sp³-hybridized carbons (Fsp3) is 0.125. The van der Waals surface area contributed by atoms with Crippen molar-refractivity contribution in [1.82, 2.24) is 4.98 Å². The predicted molar refractivity (Wildman–Crippen MR) is 86.3 cm³/mol. The molecule has 0 aliphatic rings. The van der Waals surface area contributed by atoms with Crippen LogP contribution in [0.1, 0.15) is 5.56 Å². The van der Waals surface area contributed by atoms with E-state index in [1.165, 1.54) is 10.9 Å². The third-order valence-corrected chi connectivity index (χ3v) is 3.97. The van der Waals surface area contributed by atoms with Gasteiger partial charge in [-0.2, -0.15) is 0 Å². The highest BCUT2D eigenvalue weighted by atomic mass is 79.9. The molecule has 0 atom stereocenters. The molecule has 102 valence electrons. The number of hydrogen-bond donors (Lipinski definition) is 2. The van der Waals surface area contributed by atoms with Gasteiger partial charge in [0.15, 0.2) is 0 Å². The van der Waals surface area contributed by atoms with Gasteiger partial charge in [-0.3, -0.25) is 0 Å². The van der Waals surface area contributed by atoms with Crippen molar-refractivity contribution in [2.24, 2.45) is 0 Å². The summed E-state index contributed by atoms with van der Waals surface area (Å²) < 4.78 is 6.27. The van der Waals surface area contributed by atoms with Gasteiger partial charge in [0, 0.05) is 28.8 Å². The lowest BCUT2D eigenvalue weighted by atomic mass is 10.1. The summed E-state index contributed by atoms with van der Waals surface area (Å²) in [5, 5.41) is 4.65. The molecule has 0 unspecified atom stereocenters. The highest BCUT2D eigenvalue weighted by molar-refractivity contribution is 9.10. The summed E-state index contributed by atoms with van der Waals surface area (Å²) in [6.45, 7) is 0.765. The van der Waals surface area contributed by atoms with Gasteiger partial charge in [0.05, 0.1) is 12.8 Å². The SMILES string of the molecule is COc1ccc(Br)c(NCc2ccc3cc[nH]c3c2)c1. The van der Waals surface area contributed by atoms with Crippen molar-refractivity contribution >= 4 is 32.5 Å². The Labute approximate surface area is 126 Å². The van der Waals surface area contributed by atoms with Crippen LogP contribution in [0.3, 0.4) is 0 Å². The number of rotatable bonds is 4. The normalized spacial score (nSPS) is 10.7. The molecule has 4 heteroatoms. The first kappa shape index (κ1) is 13.1. The zero-order valence-corrected chi connectivity index (χ0v) is 12.7. The second-order valence-corrected chi connectivity index (χ2v) is 5.45. The molecule has 0 spiro atoms. The Morgan fingerprint density at radius 1 is 1.15 bits per heavy atom. The zero-order valence-electron chi connectivity index (χ0n) is 11.1. The van der Waals surface area contributed by atoms with Gasteiger partial charge in [-0.25, -0.2) is 0 Å². The van der Waals surface area contributed by atoms with E-state index in [-0.39, 0.29) is 0 Å². The quantitative estimate of drug-likeness (QED) is 0.736. The minimum Gasteiger partial charge on any atom is -0.497 e. The Bertz CT molecular complexity index is 736. The maximum Gasteiger partial charge on any atom is 0.121 e. The molecule has 1 aromatic heterocycles. The molecule has 3 nitrogen and oxygen atoms in total. The van der Waals surface area contributed by atoms with E-state index >= 15 is 0 Å².